The zero-order chi connectivity index (χ0) is 19.7. The molecule has 1 aromatic carbocycles. The second-order valence-electron chi connectivity index (χ2n) is 7.34. The maximum atomic E-state index is 12.8. The maximum absolute atomic E-state index is 12.8. The molecule has 0 aliphatic carbocycles. The Labute approximate surface area is 163 Å². The van der Waals surface area contributed by atoms with Crippen molar-refractivity contribution in [2.75, 3.05) is 33.4 Å². The van der Waals surface area contributed by atoms with Crippen molar-refractivity contribution in [3.8, 4) is 0 Å². The van der Waals surface area contributed by atoms with Gasteiger partial charge in [-0.3, -0.25) is 14.6 Å². The van der Waals surface area contributed by atoms with Gasteiger partial charge in [-0.05, 0) is 17.7 Å². The first-order valence-electron chi connectivity index (χ1n) is 9.28. The number of carbonyl (C=O) groups is 2. The number of aromatic nitrogens is 1. The Bertz CT molecular complexity index is 852. The standard InChI is InChI=1S/C21H23N3O4/c1-28-12-18(26)24-17(11-25)19(15-6-3-2-4-7-15)21(24)13-23(14-21)20(27)16-8-5-9-22-10-16/h2-10,17,19,25H,11-14H2,1H3/t17-,19+/m0/s1. The Balaban J connectivity index is 1.62. The third kappa shape index (κ3) is 2.78. The number of methoxy groups -OCH3 is 1. The van der Waals surface area contributed by atoms with Crippen LogP contribution in [0.25, 0.3) is 0 Å². The molecule has 2 aromatic rings. The second kappa shape index (κ2) is 7.33. The molecule has 7 heteroatoms. The van der Waals surface area contributed by atoms with E-state index >= 15 is 0 Å². The summed E-state index contributed by atoms with van der Waals surface area (Å²) in [6.45, 7) is 0.669. The zero-order valence-electron chi connectivity index (χ0n) is 15.7. The third-order valence-electron chi connectivity index (χ3n) is 5.78. The predicted octanol–water partition coefficient (Wildman–Crippen LogP) is 0.909. The average molecular weight is 381 g/mol. The van der Waals surface area contributed by atoms with E-state index in [0.29, 0.717) is 18.7 Å². The van der Waals surface area contributed by atoms with Crippen LogP contribution in [-0.2, 0) is 9.53 Å². The van der Waals surface area contributed by atoms with Crippen molar-refractivity contribution < 1.29 is 19.4 Å². The highest BCUT2D eigenvalue weighted by atomic mass is 16.5. The number of likely N-dealkylation sites (tertiary alicyclic amines) is 2. The molecule has 0 unspecified atom stereocenters. The highest BCUT2D eigenvalue weighted by Gasteiger charge is 2.68. The highest BCUT2D eigenvalue weighted by Crippen LogP contribution is 2.54. The highest BCUT2D eigenvalue weighted by molar-refractivity contribution is 5.95. The van der Waals surface area contributed by atoms with Gasteiger partial charge in [-0.1, -0.05) is 30.3 Å². The van der Waals surface area contributed by atoms with E-state index in [2.05, 4.69) is 4.98 Å². The first-order valence-corrected chi connectivity index (χ1v) is 9.28. The molecule has 2 fully saturated rings. The van der Waals surface area contributed by atoms with E-state index in [1.807, 2.05) is 30.3 Å². The molecular formula is C21H23N3O4. The number of pyridine rings is 1. The van der Waals surface area contributed by atoms with Gasteiger partial charge in [-0.2, -0.15) is 0 Å². The zero-order valence-corrected chi connectivity index (χ0v) is 15.7. The summed E-state index contributed by atoms with van der Waals surface area (Å²) >= 11 is 0. The van der Waals surface area contributed by atoms with E-state index in [-0.39, 0.29) is 37.0 Å². The number of nitrogens with zero attached hydrogens (tertiary/aromatic N) is 3. The second-order valence-corrected chi connectivity index (χ2v) is 7.34. The lowest BCUT2D eigenvalue weighted by atomic mass is 9.60. The minimum atomic E-state index is -0.512. The molecule has 4 rings (SSSR count). The van der Waals surface area contributed by atoms with Gasteiger partial charge in [0.1, 0.15) is 6.61 Å². The van der Waals surface area contributed by atoms with E-state index in [1.165, 1.54) is 7.11 Å². The van der Waals surface area contributed by atoms with Crippen LogP contribution in [0.3, 0.4) is 0 Å². The smallest absolute Gasteiger partial charge is 0.255 e. The van der Waals surface area contributed by atoms with Gasteiger partial charge >= 0.3 is 0 Å². The molecule has 2 saturated heterocycles. The molecule has 2 atom stereocenters. The Morgan fingerprint density at radius 2 is 1.96 bits per heavy atom. The lowest BCUT2D eigenvalue weighted by molar-refractivity contribution is -0.196. The molecule has 2 aliphatic rings. The number of benzene rings is 1. The lowest BCUT2D eigenvalue weighted by Gasteiger charge is -2.70. The fraction of sp³-hybridized carbons (Fsp3) is 0.381. The Hall–Kier alpha value is -2.77. The van der Waals surface area contributed by atoms with Crippen LogP contribution < -0.4 is 0 Å². The Morgan fingerprint density at radius 1 is 1.21 bits per heavy atom. The van der Waals surface area contributed by atoms with Crippen LogP contribution in [-0.4, -0.2) is 76.7 Å². The van der Waals surface area contributed by atoms with Gasteiger partial charge < -0.3 is 19.6 Å². The summed E-state index contributed by atoms with van der Waals surface area (Å²) in [6, 6.07) is 13.0. The molecule has 1 aromatic heterocycles. The largest absolute Gasteiger partial charge is 0.394 e. The summed E-state index contributed by atoms with van der Waals surface area (Å²) in [4.78, 5) is 32.9. The molecule has 2 aliphatic heterocycles. The fourth-order valence-electron chi connectivity index (χ4n) is 4.69. The Morgan fingerprint density at radius 3 is 2.57 bits per heavy atom. The number of aliphatic hydroxyl groups is 1. The van der Waals surface area contributed by atoms with Crippen molar-refractivity contribution in [2.24, 2.45) is 0 Å². The Kier molecular flexibility index (Phi) is 4.87. The molecule has 3 heterocycles. The van der Waals surface area contributed by atoms with Gasteiger partial charge in [0, 0.05) is 38.5 Å². The minimum absolute atomic E-state index is 0.0301. The van der Waals surface area contributed by atoms with Crippen LogP contribution in [0.1, 0.15) is 21.8 Å². The summed E-state index contributed by atoms with van der Waals surface area (Å²) in [5.74, 6) is -0.295. The fourth-order valence-corrected chi connectivity index (χ4v) is 4.69. The quantitative estimate of drug-likeness (QED) is 0.832. The number of aliphatic hydroxyl groups excluding tert-OH is 1. The lowest BCUT2D eigenvalue weighted by Crippen LogP contribution is -2.86. The van der Waals surface area contributed by atoms with Crippen molar-refractivity contribution in [2.45, 2.75) is 17.5 Å². The normalized spacial score (nSPS) is 22.5. The summed E-state index contributed by atoms with van der Waals surface area (Å²) < 4.78 is 5.04. The van der Waals surface area contributed by atoms with Crippen molar-refractivity contribution in [1.82, 2.24) is 14.8 Å². The molecule has 0 bridgehead atoms. The molecule has 0 saturated carbocycles. The molecular weight excluding hydrogens is 358 g/mol. The van der Waals surface area contributed by atoms with Crippen molar-refractivity contribution in [3.05, 3.63) is 66.0 Å². The van der Waals surface area contributed by atoms with Gasteiger partial charge in [0.2, 0.25) is 5.91 Å². The van der Waals surface area contributed by atoms with Crippen LogP contribution in [0.15, 0.2) is 54.9 Å². The van der Waals surface area contributed by atoms with E-state index in [9.17, 15) is 14.7 Å². The SMILES string of the molecule is COCC(=O)N1[C@@H](CO)[C@@H](c2ccccc2)C12CN(C(=O)c1cccnc1)C2. The molecule has 2 amide bonds. The summed E-state index contributed by atoms with van der Waals surface area (Å²) in [6.07, 6.45) is 3.18. The maximum Gasteiger partial charge on any atom is 0.255 e. The molecule has 146 valence electrons. The predicted molar refractivity (Wildman–Crippen MR) is 102 cm³/mol. The van der Waals surface area contributed by atoms with Crippen LogP contribution in [0.2, 0.25) is 0 Å². The third-order valence-corrected chi connectivity index (χ3v) is 5.78. The van der Waals surface area contributed by atoms with E-state index in [0.717, 1.165) is 5.56 Å². The summed E-state index contributed by atoms with van der Waals surface area (Å²) in [7, 11) is 1.48. The molecule has 1 spiro atoms. The van der Waals surface area contributed by atoms with Gasteiger partial charge in [0.25, 0.3) is 5.91 Å². The van der Waals surface area contributed by atoms with Crippen LogP contribution in [0, 0.1) is 0 Å². The van der Waals surface area contributed by atoms with E-state index in [1.54, 1.807) is 34.3 Å². The number of rotatable bonds is 5. The van der Waals surface area contributed by atoms with Gasteiger partial charge in [-0.25, -0.2) is 0 Å². The molecule has 7 nitrogen and oxygen atoms in total. The van der Waals surface area contributed by atoms with Gasteiger partial charge in [0.15, 0.2) is 0 Å². The number of ether oxygens (including phenoxy) is 1. The van der Waals surface area contributed by atoms with E-state index in [4.69, 9.17) is 4.74 Å². The number of amides is 2. The molecule has 1 N–H and O–H groups in total. The van der Waals surface area contributed by atoms with Crippen LogP contribution >= 0.6 is 0 Å². The average Bonchev–Trinajstić information content (AvgIpc) is 2.68. The van der Waals surface area contributed by atoms with Crippen molar-refractivity contribution >= 4 is 11.8 Å². The molecule has 0 radical (unpaired) electrons. The van der Waals surface area contributed by atoms with Crippen LogP contribution in [0.4, 0.5) is 0 Å². The topological polar surface area (TPSA) is 83.0 Å². The number of hydrogen-bond acceptors (Lipinski definition) is 5. The molecule has 28 heavy (non-hydrogen) atoms. The van der Waals surface area contributed by atoms with Gasteiger partial charge in [-0.15, -0.1) is 0 Å². The minimum Gasteiger partial charge on any atom is -0.394 e. The van der Waals surface area contributed by atoms with E-state index < -0.39 is 5.54 Å². The first-order chi connectivity index (χ1) is 13.6. The first kappa shape index (κ1) is 18.6. The van der Waals surface area contributed by atoms with Crippen molar-refractivity contribution in [1.29, 1.82) is 0 Å². The summed E-state index contributed by atoms with van der Waals surface area (Å²) in [5.41, 5.74) is 1.08. The van der Waals surface area contributed by atoms with Crippen LogP contribution in [0.5, 0.6) is 0 Å². The van der Waals surface area contributed by atoms with Crippen molar-refractivity contribution in [3.63, 3.8) is 0 Å². The number of hydrogen-bond donors (Lipinski definition) is 1. The summed E-state index contributed by atoms with van der Waals surface area (Å²) in [5, 5.41) is 9.99. The monoisotopic (exact) mass is 381 g/mol. The number of carbonyl (C=O) groups excluding carboxylic acids is 2. The van der Waals surface area contributed by atoms with Gasteiger partial charge in [0.05, 0.1) is 23.8 Å².